The molecular weight excluding hydrogens is 322 g/mol. The first-order chi connectivity index (χ1) is 12.5. The number of nitrogens with one attached hydrogen (secondary N) is 1. The summed E-state index contributed by atoms with van der Waals surface area (Å²) in [5.74, 6) is -0.120. The molecule has 4 nitrogen and oxygen atoms in total. The van der Waals surface area contributed by atoms with Crippen molar-refractivity contribution in [2.75, 3.05) is 0 Å². The Balaban J connectivity index is 1.68. The highest BCUT2D eigenvalue weighted by Crippen LogP contribution is 2.20. The number of hydrogen-bond acceptors (Lipinski definition) is 2. The molecule has 0 spiro atoms. The van der Waals surface area contributed by atoms with Gasteiger partial charge in [-0.1, -0.05) is 48.5 Å². The molecule has 0 saturated carbocycles. The minimum Gasteiger partial charge on any atom is -0.346 e. The van der Waals surface area contributed by atoms with Gasteiger partial charge in [0, 0.05) is 24.4 Å². The van der Waals surface area contributed by atoms with Gasteiger partial charge < -0.3 is 5.32 Å². The van der Waals surface area contributed by atoms with Crippen LogP contribution in [-0.4, -0.2) is 15.7 Å². The molecule has 0 bridgehead atoms. The van der Waals surface area contributed by atoms with Gasteiger partial charge in [-0.25, -0.2) is 0 Å². The molecule has 0 saturated heterocycles. The van der Waals surface area contributed by atoms with E-state index >= 15 is 0 Å². The van der Waals surface area contributed by atoms with Crippen molar-refractivity contribution < 1.29 is 4.79 Å². The highest BCUT2D eigenvalue weighted by Gasteiger charge is 2.13. The maximum atomic E-state index is 12.2. The summed E-state index contributed by atoms with van der Waals surface area (Å²) < 4.78 is 1.81. The number of aryl methyl sites for hydroxylation is 1. The Morgan fingerprint density at radius 1 is 1.12 bits per heavy atom. The van der Waals surface area contributed by atoms with Crippen LogP contribution in [0.3, 0.4) is 0 Å². The number of carbonyl (C=O) groups is 1. The number of rotatable bonds is 5. The fraction of sp³-hybridized carbons (Fsp3) is 0.182. The molecule has 0 aliphatic rings. The van der Waals surface area contributed by atoms with Crippen molar-refractivity contribution in [3.63, 3.8) is 0 Å². The lowest BCUT2D eigenvalue weighted by Crippen LogP contribution is -2.24. The van der Waals surface area contributed by atoms with Gasteiger partial charge in [-0.2, -0.15) is 5.10 Å². The van der Waals surface area contributed by atoms with Crippen LogP contribution < -0.4 is 5.32 Å². The number of amides is 1. The fourth-order valence-electron chi connectivity index (χ4n) is 2.90. The summed E-state index contributed by atoms with van der Waals surface area (Å²) in [5.41, 5.74) is 5.37. The minimum absolute atomic E-state index is 0.0866. The molecule has 4 heteroatoms. The Morgan fingerprint density at radius 2 is 1.85 bits per heavy atom. The number of benzene rings is 2. The molecule has 1 heterocycles. The summed E-state index contributed by atoms with van der Waals surface area (Å²) in [6.07, 6.45) is 5.21. The van der Waals surface area contributed by atoms with Crippen molar-refractivity contribution in [3.05, 3.63) is 83.7 Å². The average Bonchev–Trinajstić information content (AvgIpc) is 3.00. The molecule has 1 atom stereocenters. The van der Waals surface area contributed by atoms with Crippen LogP contribution >= 0.6 is 0 Å². The molecule has 1 aromatic heterocycles. The van der Waals surface area contributed by atoms with Crippen molar-refractivity contribution in [1.82, 2.24) is 15.1 Å². The van der Waals surface area contributed by atoms with E-state index in [1.165, 1.54) is 0 Å². The van der Waals surface area contributed by atoms with Gasteiger partial charge in [0.1, 0.15) is 0 Å². The zero-order chi connectivity index (χ0) is 18.5. The van der Waals surface area contributed by atoms with Crippen LogP contribution in [-0.2, 0) is 11.8 Å². The molecular formula is C22H23N3O. The van der Waals surface area contributed by atoms with Gasteiger partial charge in [0.2, 0.25) is 5.91 Å². The highest BCUT2D eigenvalue weighted by molar-refractivity contribution is 5.92. The monoisotopic (exact) mass is 345 g/mol. The predicted molar refractivity (Wildman–Crippen MR) is 105 cm³/mol. The zero-order valence-electron chi connectivity index (χ0n) is 15.3. The largest absolute Gasteiger partial charge is 0.346 e. The summed E-state index contributed by atoms with van der Waals surface area (Å²) in [6.45, 7) is 3.96. The topological polar surface area (TPSA) is 46.9 Å². The second kappa shape index (κ2) is 7.83. The molecule has 3 aromatic rings. The number of nitrogens with zero attached hydrogens (tertiary/aromatic N) is 2. The second-order valence-electron chi connectivity index (χ2n) is 6.36. The number of carbonyl (C=O) groups excluding carboxylic acids is 1. The molecule has 2 aromatic carbocycles. The minimum atomic E-state index is -0.120. The van der Waals surface area contributed by atoms with Crippen LogP contribution in [0.5, 0.6) is 0 Å². The lowest BCUT2D eigenvalue weighted by Gasteiger charge is -2.12. The van der Waals surface area contributed by atoms with Crippen molar-refractivity contribution >= 4 is 12.0 Å². The number of aromatic nitrogens is 2. The van der Waals surface area contributed by atoms with E-state index in [9.17, 15) is 4.79 Å². The van der Waals surface area contributed by atoms with Crippen molar-refractivity contribution in [1.29, 1.82) is 0 Å². The summed E-state index contributed by atoms with van der Waals surface area (Å²) >= 11 is 0. The molecule has 0 aliphatic carbocycles. The quantitative estimate of drug-likeness (QED) is 0.701. The maximum absolute atomic E-state index is 12.2. The smallest absolute Gasteiger partial charge is 0.244 e. The van der Waals surface area contributed by atoms with Crippen LogP contribution in [0.4, 0.5) is 0 Å². The standard InChI is InChI=1S/C22H23N3O/c1-16(21-15-23-25(3)17(21)2)24-22(26)13-12-18-8-7-11-20(14-18)19-9-5-4-6-10-19/h4-16H,1-3H3,(H,24,26)/b13-12+. The molecule has 132 valence electrons. The lowest BCUT2D eigenvalue weighted by molar-refractivity contribution is -0.117. The molecule has 1 unspecified atom stereocenters. The molecule has 0 radical (unpaired) electrons. The average molecular weight is 345 g/mol. The summed E-state index contributed by atoms with van der Waals surface area (Å²) in [5, 5.41) is 7.21. The van der Waals surface area contributed by atoms with Gasteiger partial charge in [-0.15, -0.1) is 0 Å². The second-order valence-corrected chi connectivity index (χ2v) is 6.36. The van der Waals surface area contributed by atoms with Gasteiger partial charge in [0.05, 0.1) is 12.2 Å². The third kappa shape index (κ3) is 4.09. The normalized spacial score (nSPS) is 12.3. The van der Waals surface area contributed by atoms with E-state index < -0.39 is 0 Å². The van der Waals surface area contributed by atoms with E-state index in [0.717, 1.165) is 27.9 Å². The molecule has 3 rings (SSSR count). The van der Waals surface area contributed by atoms with E-state index in [0.29, 0.717) is 0 Å². The van der Waals surface area contributed by atoms with E-state index in [-0.39, 0.29) is 11.9 Å². The van der Waals surface area contributed by atoms with Crippen LogP contribution in [0, 0.1) is 6.92 Å². The van der Waals surface area contributed by atoms with E-state index in [1.807, 2.05) is 62.0 Å². The SMILES string of the molecule is Cc1c(C(C)NC(=O)/C=C/c2cccc(-c3ccccc3)c2)cnn1C. The predicted octanol–water partition coefficient (Wildman–Crippen LogP) is 4.29. The van der Waals surface area contributed by atoms with Crippen LogP contribution in [0.25, 0.3) is 17.2 Å². The lowest BCUT2D eigenvalue weighted by atomic mass is 10.0. The Kier molecular flexibility index (Phi) is 5.32. The van der Waals surface area contributed by atoms with Gasteiger partial charge in [0.15, 0.2) is 0 Å². The molecule has 0 fully saturated rings. The zero-order valence-corrected chi connectivity index (χ0v) is 15.3. The van der Waals surface area contributed by atoms with Crippen LogP contribution in [0.2, 0.25) is 0 Å². The van der Waals surface area contributed by atoms with E-state index in [2.05, 4.69) is 34.7 Å². The Bertz CT molecular complexity index is 926. The maximum Gasteiger partial charge on any atom is 0.244 e. The van der Waals surface area contributed by atoms with Gasteiger partial charge >= 0.3 is 0 Å². The molecule has 0 aliphatic heterocycles. The summed E-state index contributed by atoms with van der Waals surface area (Å²) in [7, 11) is 1.90. The van der Waals surface area contributed by atoms with E-state index in [1.54, 1.807) is 12.3 Å². The molecule has 1 amide bonds. The van der Waals surface area contributed by atoms with Crippen molar-refractivity contribution in [2.45, 2.75) is 19.9 Å². The fourth-order valence-corrected chi connectivity index (χ4v) is 2.90. The van der Waals surface area contributed by atoms with E-state index in [4.69, 9.17) is 0 Å². The third-order valence-electron chi connectivity index (χ3n) is 4.52. The Hall–Kier alpha value is -3.14. The van der Waals surface area contributed by atoms with Gasteiger partial charge in [-0.3, -0.25) is 9.48 Å². The first-order valence-electron chi connectivity index (χ1n) is 8.67. The first kappa shape index (κ1) is 17.7. The molecule has 26 heavy (non-hydrogen) atoms. The Labute approximate surface area is 154 Å². The van der Waals surface area contributed by atoms with Gasteiger partial charge in [0.25, 0.3) is 0 Å². The highest BCUT2D eigenvalue weighted by atomic mass is 16.1. The van der Waals surface area contributed by atoms with Gasteiger partial charge in [-0.05, 0) is 42.7 Å². The first-order valence-corrected chi connectivity index (χ1v) is 8.67. The van der Waals surface area contributed by atoms with Crippen LogP contribution in [0.15, 0.2) is 66.9 Å². The summed E-state index contributed by atoms with van der Waals surface area (Å²) in [4.78, 5) is 12.2. The Morgan fingerprint density at radius 3 is 2.54 bits per heavy atom. The third-order valence-corrected chi connectivity index (χ3v) is 4.52. The van der Waals surface area contributed by atoms with Crippen LogP contribution in [0.1, 0.15) is 29.8 Å². The van der Waals surface area contributed by atoms with Crippen molar-refractivity contribution in [2.24, 2.45) is 7.05 Å². The number of hydrogen-bond donors (Lipinski definition) is 1. The van der Waals surface area contributed by atoms with Crippen molar-refractivity contribution in [3.8, 4) is 11.1 Å². The molecule has 1 N–H and O–H groups in total. The summed E-state index contributed by atoms with van der Waals surface area (Å²) in [6, 6.07) is 18.3.